The Bertz CT molecular complexity index is 623. The summed E-state index contributed by atoms with van der Waals surface area (Å²) in [5, 5.41) is 4.93. The first-order chi connectivity index (χ1) is 9.29. The number of likely N-dealkylation sites (tertiary alicyclic amines) is 1. The molecule has 20 heavy (non-hydrogen) atoms. The zero-order valence-corrected chi connectivity index (χ0v) is 12.0. The largest absolute Gasteiger partial charge is 0.339 e. The topological polar surface area (TPSA) is 80.5 Å². The minimum Gasteiger partial charge on any atom is -0.339 e. The number of benzene rings is 1. The first kappa shape index (κ1) is 14.9. The molecule has 0 spiro atoms. The van der Waals surface area contributed by atoms with E-state index in [9.17, 15) is 17.6 Å². The Kier molecular flexibility index (Phi) is 4.10. The summed E-state index contributed by atoms with van der Waals surface area (Å²) in [4.78, 5) is 13.3. The Labute approximate surface area is 117 Å². The second-order valence-electron chi connectivity index (χ2n) is 5.16. The van der Waals surface area contributed by atoms with E-state index < -0.39 is 20.7 Å². The van der Waals surface area contributed by atoms with E-state index in [2.05, 4.69) is 6.92 Å². The Morgan fingerprint density at radius 1 is 1.35 bits per heavy atom. The number of hydrogen-bond donors (Lipinski definition) is 1. The summed E-state index contributed by atoms with van der Waals surface area (Å²) in [6, 6.07) is 3.25. The van der Waals surface area contributed by atoms with Crippen molar-refractivity contribution < 1.29 is 17.6 Å². The van der Waals surface area contributed by atoms with Gasteiger partial charge < -0.3 is 4.90 Å². The van der Waals surface area contributed by atoms with Gasteiger partial charge >= 0.3 is 0 Å². The van der Waals surface area contributed by atoms with E-state index in [1.165, 1.54) is 6.07 Å². The number of halogens is 1. The molecule has 7 heteroatoms. The lowest BCUT2D eigenvalue weighted by atomic mass is 9.98. The van der Waals surface area contributed by atoms with Gasteiger partial charge in [0.05, 0.1) is 0 Å². The molecule has 2 N–H and O–H groups in total. The molecular formula is C13H17FN2O3S. The summed E-state index contributed by atoms with van der Waals surface area (Å²) in [6.45, 7) is 3.38. The Morgan fingerprint density at radius 2 is 1.95 bits per heavy atom. The van der Waals surface area contributed by atoms with E-state index >= 15 is 0 Å². The standard InChI is InChI=1S/C13H17FN2O3S/c1-9-4-6-16(7-5-9)13(17)10-2-3-11(14)12(8-10)20(15,18)19/h2-3,8-9H,4-7H2,1H3,(H2,15,18,19). The lowest BCUT2D eigenvalue weighted by molar-refractivity contribution is 0.0697. The molecule has 1 saturated heterocycles. The van der Waals surface area contributed by atoms with Crippen molar-refractivity contribution in [3.05, 3.63) is 29.6 Å². The van der Waals surface area contributed by atoms with E-state index in [4.69, 9.17) is 5.14 Å². The molecule has 2 rings (SSSR count). The monoisotopic (exact) mass is 300 g/mol. The van der Waals surface area contributed by atoms with Crippen LogP contribution in [0.2, 0.25) is 0 Å². The Balaban J connectivity index is 2.27. The molecule has 5 nitrogen and oxygen atoms in total. The number of rotatable bonds is 2. The third kappa shape index (κ3) is 3.16. The fraction of sp³-hybridized carbons (Fsp3) is 0.462. The molecule has 1 aliphatic rings. The number of piperidine rings is 1. The zero-order valence-electron chi connectivity index (χ0n) is 11.2. The van der Waals surface area contributed by atoms with E-state index in [1.807, 2.05) is 0 Å². The summed E-state index contributed by atoms with van der Waals surface area (Å²) in [7, 11) is -4.17. The number of primary sulfonamides is 1. The lowest BCUT2D eigenvalue weighted by Crippen LogP contribution is -2.38. The molecular weight excluding hydrogens is 283 g/mol. The third-order valence-electron chi connectivity index (χ3n) is 3.56. The van der Waals surface area contributed by atoms with Crippen LogP contribution in [0.5, 0.6) is 0 Å². The van der Waals surface area contributed by atoms with Crippen LogP contribution >= 0.6 is 0 Å². The third-order valence-corrected chi connectivity index (χ3v) is 4.48. The summed E-state index contributed by atoms with van der Waals surface area (Å²) >= 11 is 0. The van der Waals surface area contributed by atoms with Crippen molar-refractivity contribution in [2.75, 3.05) is 13.1 Å². The van der Waals surface area contributed by atoms with Crippen LogP contribution in [-0.2, 0) is 10.0 Å². The summed E-state index contributed by atoms with van der Waals surface area (Å²) in [5.41, 5.74) is 0.143. The van der Waals surface area contributed by atoms with Crippen LogP contribution in [0.1, 0.15) is 30.1 Å². The first-order valence-electron chi connectivity index (χ1n) is 6.40. The summed E-state index contributed by atoms with van der Waals surface area (Å²) in [5.74, 6) is -0.662. The van der Waals surface area contributed by atoms with Gasteiger partial charge in [-0.05, 0) is 37.0 Å². The molecule has 110 valence electrons. The molecule has 1 heterocycles. The second kappa shape index (κ2) is 5.49. The number of hydrogen-bond acceptors (Lipinski definition) is 3. The molecule has 1 fully saturated rings. The smallest absolute Gasteiger partial charge is 0.253 e. The Morgan fingerprint density at radius 3 is 2.50 bits per heavy atom. The summed E-state index contributed by atoms with van der Waals surface area (Å²) in [6.07, 6.45) is 1.82. The number of carbonyl (C=O) groups excluding carboxylic acids is 1. The SMILES string of the molecule is CC1CCN(C(=O)c2ccc(F)c(S(N)(=O)=O)c2)CC1. The van der Waals surface area contributed by atoms with Crippen LogP contribution < -0.4 is 5.14 Å². The number of nitrogens with zero attached hydrogens (tertiary/aromatic N) is 1. The minimum atomic E-state index is -4.17. The predicted molar refractivity (Wildman–Crippen MR) is 72.1 cm³/mol. The van der Waals surface area contributed by atoms with Gasteiger partial charge in [-0.1, -0.05) is 6.92 Å². The molecule has 0 saturated carbocycles. The highest BCUT2D eigenvalue weighted by molar-refractivity contribution is 7.89. The molecule has 1 aromatic rings. The van der Waals surface area contributed by atoms with Crippen molar-refractivity contribution >= 4 is 15.9 Å². The highest BCUT2D eigenvalue weighted by Gasteiger charge is 2.23. The summed E-state index contributed by atoms with van der Waals surface area (Å²) < 4.78 is 36.0. The van der Waals surface area contributed by atoms with Crippen molar-refractivity contribution in [2.45, 2.75) is 24.7 Å². The van der Waals surface area contributed by atoms with E-state index in [0.717, 1.165) is 25.0 Å². The maximum absolute atomic E-state index is 13.4. The first-order valence-corrected chi connectivity index (χ1v) is 7.95. The van der Waals surface area contributed by atoms with Gasteiger partial charge in [0, 0.05) is 18.7 Å². The molecule has 0 aromatic heterocycles. The lowest BCUT2D eigenvalue weighted by Gasteiger charge is -2.30. The van der Waals surface area contributed by atoms with Crippen molar-refractivity contribution in [3.8, 4) is 0 Å². The molecule has 1 aliphatic heterocycles. The molecule has 1 amide bonds. The van der Waals surface area contributed by atoms with Gasteiger partial charge in [-0.15, -0.1) is 0 Å². The van der Waals surface area contributed by atoms with Gasteiger partial charge in [0.25, 0.3) is 5.91 Å². The fourth-order valence-electron chi connectivity index (χ4n) is 2.25. The van der Waals surface area contributed by atoms with E-state index in [1.54, 1.807) is 4.90 Å². The zero-order chi connectivity index (χ0) is 14.9. The normalized spacial score (nSPS) is 17.2. The molecule has 0 bridgehead atoms. The quantitative estimate of drug-likeness (QED) is 0.895. The van der Waals surface area contributed by atoms with Gasteiger partial charge in [-0.2, -0.15) is 0 Å². The van der Waals surface area contributed by atoms with E-state index in [-0.39, 0.29) is 11.5 Å². The van der Waals surface area contributed by atoms with Gasteiger partial charge in [-0.25, -0.2) is 17.9 Å². The maximum Gasteiger partial charge on any atom is 0.253 e. The van der Waals surface area contributed by atoms with E-state index in [0.29, 0.717) is 19.0 Å². The maximum atomic E-state index is 13.4. The van der Waals surface area contributed by atoms with Gasteiger partial charge in [-0.3, -0.25) is 4.79 Å². The van der Waals surface area contributed by atoms with Crippen molar-refractivity contribution in [3.63, 3.8) is 0 Å². The van der Waals surface area contributed by atoms with Gasteiger partial charge in [0.15, 0.2) is 0 Å². The van der Waals surface area contributed by atoms with Crippen molar-refractivity contribution in [1.82, 2.24) is 4.90 Å². The molecule has 0 atom stereocenters. The number of amides is 1. The van der Waals surface area contributed by atoms with Crippen LogP contribution in [-0.4, -0.2) is 32.3 Å². The van der Waals surface area contributed by atoms with Crippen LogP contribution in [0.15, 0.2) is 23.1 Å². The number of carbonyl (C=O) groups is 1. The average molecular weight is 300 g/mol. The van der Waals surface area contributed by atoms with Crippen LogP contribution in [0, 0.1) is 11.7 Å². The average Bonchev–Trinajstić information content (AvgIpc) is 2.38. The molecule has 0 aliphatic carbocycles. The molecule has 1 aromatic carbocycles. The van der Waals surface area contributed by atoms with Gasteiger partial charge in [0.2, 0.25) is 10.0 Å². The van der Waals surface area contributed by atoms with Crippen LogP contribution in [0.25, 0.3) is 0 Å². The van der Waals surface area contributed by atoms with Crippen molar-refractivity contribution in [2.24, 2.45) is 11.1 Å². The van der Waals surface area contributed by atoms with Gasteiger partial charge in [0.1, 0.15) is 10.7 Å². The molecule has 0 unspecified atom stereocenters. The van der Waals surface area contributed by atoms with Crippen LogP contribution in [0.3, 0.4) is 0 Å². The molecule has 0 radical (unpaired) electrons. The fourth-order valence-corrected chi connectivity index (χ4v) is 2.88. The number of sulfonamides is 1. The highest BCUT2D eigenvalue weighted by Crippen LogP contribution is 2.20. The minimum absolute atomic E-state index is 0.143. The highest BCUT2D eigenvalue weighted by atomic mass is 32.2. The van der Waals surface area contributed by atoms with Crippen LogP contribution in [0.4, 0.5) is 4.39 Å². The Hall–Kier alpha value is -1.47. The second-order valence-corrected chi connectivity index (χ2v) is 6.69. The predicted octanol–water partition coefficient (Wildman–Crippen LogP) is 1.35. The number of nitrogens with two attached hydrogens (primary N) is 1. The van der Waals surface area contributed by atoms with Crippen molar-refractivity contribution in [1.29, 1.82) is 0 Å².